The number of carbonyl (C=O) groups is 1. The van der Waals surface area contributed by atoms with E-state index in [9.17, 15) is 18.0 Å². The molecule has 2 N–H and O–H groups in total. The van der Waals surface area contributed by atoms with E-state index in [2.05, 4.69) is 10.6 Å². The van der Waals surface area contributed by atoms with Crippen LogP contribution in [0.15, 0.2) is 30.3 Å². The topological polar surface area (TPSA) is 50.4 Å². The summed E-state index contributed by atoms with van der Waals surface area (Å²) in [5.74, 6) is -4.63. The molecule has 0 bridgehead atoms. The Morgan fingerprint density at radius 3 is 2.57 bits per heavy atom. The van der Waals surface area contributed by atoms with Crippen LogP contribution in [0.3, 0.4) is 0 Å². The molecule has 0 aromatic heterocycles. The molecule has 0 heterocycles. The third-order valence-electron chi connectivity index (χ3n) is 2.91. The Bertz CT molecular complexity index is 741. The van der Waals surface area contributed by atoms with Crippen LogP contribution in [0.5, 0.6) is 5.75 Å². The number of benzene rings is 2. The highest BCUT2D eigenvalue weighted by molar-refractivity contribution is 6.30. The molecule has 0 aliphatic carbocycles. The number of halogens is 4. The van der Waals surface area contributed by atoms with Crippen LogP contribution in [0.4, 0.5) is 24.5 Å². The monoisotopic (exact) mass is 344 g/mol. The van der Waals surface area contributed by atoms with Gasteiger partial charge in [0.05, 0.1) is 25.0 Å². The highest BCUT2D eigenvalue weighted by Gasteiger charge is 2.15. The van der Waals surface area contributed by atoms with Gasteiger partial charge in [-0.2, -0.15) is 0 Å². The molecule has 0 radical (unpaired) electrons. The lowest BCUT2D eigenvalue weighted by atomic mass is 10.2. The van der Waals surface area contributed by atoms with Crippen LogP contribution in [-0.2, 0) is 4.79 Å². The predicted octanol–water partition coefficient (Wildman–Crippen LogP) is 3.82. The fourth-order valence-electron chi connectivity index (χ4n) is 1.81. The maximum Gasteiger partial charge on any atom is 0.243 e. The molecule has 2 rings (SSSR count). The minimum atomic E-state index is -1.65. The third-order valence-corrected chi connectivity index (χ3v) is 3.15. The van der Waals surface area contributed by atoms with E-state index < -0.39 is 29.0 Å². The number of amides is 1. The number of ether oxygens (including phenoxy) is 1. The highest BCUT2D eigenvalue weighted by Crippen LogP contribution is 2.27. The predicted molar refractivity (Wildman–Crippen MR) is 81.4 cm³/mol. The number of rotatable bonds is 5. The fraction of sp³-hybridized carbons (Fsp3) is 0.133. The lowest BCUT2D eigenvalue weighted by Gasteiger charge is -2.12. The van der Waals surface area contributed by atoms with Gasteiger partial charge in [0.15, 0.2) is 17.5 Å². The summed E-state index contributed by atoms with van der Waals surface area (Å²) < 4.78 is 44.5. The first-order chi connectivity index (χ1) is 10.9. The Labute approximate surface area is 135 Å². The highest BCUT2D eigenvalue weighted by atomic mass is 35.5. The summed E-state index contributed by atoms with van der Waals surface area (Å²) in [5, 5.41) is 5.33. The second-order valence-electron chi connectivity index (χ2n) is 4.47. The van der Waals surface area contributed by atoms with Crippen molar-refractivity contribution in [1.29, 1.82) is 0 Å². The van der Waals surface area contributed by atoms with Crippen molar-refractivity contribution in [2.75, 3.05) is 24.3 Å². The first-order valence-corrected chi connectivity index (χ1v) is 6.81. The van der Waals surface area contributed by atoms with Crippen LogP contribution in [-0.4, -0.2) is 19.6 Å². The Morgan fingerprint density at radius 1 is 1.13 bits per heavy atom. The van der Waals surface area contributed by atoms with E-state index >= 15 is 0 Å². The standard InChI is InChI=1S/C15H12ClF3N2O2/c1-23-12-5-2-8(16)6-11(12)20-7-13(22)21-10-4-3-9(17)14(18)15(10)19/h2-6,20H,7H2,1H3,(H,21,22). The first-order valence-electron chi connectivity index (χ1n) is 6.43. The van der Waals surface area contributed by atoms with Gasteiger partial charge in [-0.1, -0.05) is 11.6 Å². The quantitative estimate of drug-likeness (QED) is 0.811. The van der Waals surface area contributed by atoms with Crippen LogP contribution < -0.4 is 15.4 Å². The molecular weight excluding hydrogens is 333 g/mol. The second kappa shape index (κ2) is 7.23. The summed E-state index contributed by atoms with van der Waals surface area (Å²) in [5.41, 5.74) is 0.00895. The van der Waals surface area contributed by atoms with Gasteiger partial charge in [0.1, 0.15) is 5.75 Å². The van der Waals surface area contributed by atoms with Gasteiger partial charge in [-0.25, -0.2) is 13.2 Å². The van der Waals surface area contributed by atoms with Gasteiger partial charge >= 0.3 is 0 Å². The van der Waals surface area contributed by atoms with Crippen molar-refractivity contribution in [1.82, 2.24) is 0 Å². The van der Waals surface area contributed by atoms with E-state index in [0.29, 0.717) is 16.5 Å². The Kier molecular flexibility index (Phi) is 5.33. The molecule has 0 unspecified atom stereocenters. The molecule has 1 amide bonds. The number of carbonyl (C=O) groups excluding carboxylic acids is 1. The van der Waals surface area contributed by atoms with E-state index in [1.54, 1.807) is 18.2 Å². The third kappa shape index (κ3) is 4.07. The summed E-state index contributed by atoms with van der Waals surface area (Å²) >= 11 is 5.85. The van der Waals surface area contributed by atoms with Crippen LogP contribution in [0.1, 0.15) is 0 Å². The van der Waals surface area contributed by atoms with Gasteiger partial charge in [-0.15, -0.1) is 0 Å². The molecule has 122 valence electrons. The zero-order chi connectivity index (χ0) is 17.0. The molecule has 0 spiro atoms. The molecular formula is C15H12ClF3N2O2. The molecule has 0 aliphatic rings. The average Bonchev–Trinajstić information content (AvgIpc) is 2.53. The molecule has 4 nitrogen and oxygen atoms in total. The van der Waals surface area contributed by atoms with Crippen molar-refractivity contribution in [2.24, 2.45) is 0 Å². The molecule has 0 saturated carbocycles. The number of nitrogens with one attached hydrogen (secondary N) is 2. The van der Waals surface area contributed by atoms with E-state index in [1.165, 1.54) is 7.11 Å². The van der Waals surface area contributed by atoms with Crippen LogP contribution in [0.25, 0.3) is 0 Å². The molecule has 2 aromatic carbocycles. The molecule has 0 fully saturated rings. The number of hydrogen-bond donors (Lipinski definition) is 2. The SMILES string of the molecule is COc1ccc(Cl)cc1NCC(=O)Nc1ccc(F)c(F)c1F. The van der Waals surface area contributed by atoms with Crippen LogP contribution >= 0.6 is 11.6 Å². The van der Waals surface area contributed by atoms with Gasteiger partial charge in [0, 0.05) is 5.02 Å². The molecule has 0 saturated heterocycles. The summed E-state index contributed by atoms with van der Waals surface area (Å²) in [6.07, 6.45) is 0. The van der Waals surface area contributed by atoms with Gasteiger partial charge in [0.25, 0.3) is 0 Å². The number of anilines is 2. The molecule has 2 aromatic rings. The average molecular weight is 345 g/mol. The number of methoxy groups -OCH3 is 1. The summed E-state index contributed by atoms with van der Waals surface area (Å²) in [4.78, 5) is 11.8. The molecule has 23 heavy (non-hydrogen) atoms. The lowest BCUT2D eigenvalue weighted by molar-refractivity contribution is -0.114. The summed E-state index contributed by atoms with van der Waals surface area (Å²) in [6, 6.07) is 6.43. The minimum Gasteiger partial charge on any atom is -0.495 e. The maximum atomic E-state index is 13.5. The first kappa shape index (κ1) is 17.0. The van der Waals surface area contributed by atoms with Gasteiger partial charge in [-0.05, 0) is 30.3 Å². The fourth-order valence-corrected chi connectivity index (χ4v) is 1.98. The molecule has 8 heteroatoms. The van der Waals surface area contributed by atoms with Crippen molar-refractivity contribution < 1.29 is 22.7 Å². The van der Waals surface area contributed by atoms with E-state index in [-0.39, 0.29) is 6.54 Å². The normalized spacial score (nSPS) is 10.3. The Morgan fingerprint density at radius 2 is 1.87 bits per heavy atom. The Hall–Kier alpha value is -2.41. The lowest BCUT2D eigenvalue weighted by Crippen LogP contribution is -2.22. The number of hydrogen-bond acceptors (Lipinski definition) is 3. The molecule has 0 atom stereocenters. The largest absolute Gasteiger partial charge is 0.495 e. The zero-order valence-corrected chi connectivity index (χ0v) is 12.7. The second-order valence-corrected chi connectivity index (χ2v) is 4.91. The van der Waals surface area contributed by atoms with Crippen molar-refractivity contribution in [3.8, 4) is 5.75 Å². The van der Waals surface area contributed by atoms with Crippen molar-refractivity contribution in [2.45, 2.75) is 0 Å². The van der Waals surface area contributed by atoms with Crippen molar-refractivity contribution >= 4 is 28.9 Å². The van der Waals surface area contributed by atoms with E-state index in [0.717, 1.165) is 12.1 Å². The zero-order valence-electron chi connectivity index (χ0n) is 11.9. The van der Waals surface area contributed by atoms with E-state index in [4.69, 9.17) is 16.3 Å². The summed E-state index contributed by atoms with van der Waals surface area (Å²) in [6.45, 7) is -0.255. The summed E-state index contributed by atoms with van der Waals surface area (Å²) in [7, 11) is 1.45. The maximum absolute atomic E-state index is 13.5. The van der Waals surface area contributed by atoms with Crippen molar-refractivity contribution in [3.63, 3.8) is 0 Å². The van der Waals surface area contributed by atoms with E-state index in [1.807, 2.05) is 0 Å². The van der Waals surface area contributed by atoms with Crippen LogP contribution in [0.2, 0.25) is 5.02 Å². The minimum absolute atomic E-state index is 0.255. The smallest absolute Gasteiger partial charge is 0.243 e. The van der Waals surface area contributed by atoms with Gasteiger partial charge in [0.2, 0.25) is 5.91 Å². The van der Waals surface area contributed by atoms with Gasteiger partial charge in [-0.3, -0.25) is 4.79 Å². The molecule has 0 aliphatic heterocycles. The van der Waals surface area contributed by atoms with Crippen LogP contribution in [0, 0.1) is 17.5 Å². The van der Waals surface area contributed by atoms with Gasteiger partial charge < -0.3 is 15.4 Å². The van der Waals surface area contributed by atoms with Crippen molar-refractivity contribution in [3.05, 3.63) is 52.8 Å². The Balaban J connectivity index is 2.04.